The zero-order chi connectivity index (χ0) is 18.8. The first kappa shape index (κ1) is 18.3. The molecule has 0 saturated heterocycles. The van der Waals surface area contributed by atoms with Crippen molar-refractivity contribution >= 4 is 52.1 Å². The number of halogens is 3. The Morgan fingerprint density at radius 1 is 1.00 bits per heavy atom. The van der Waals surface area contributed by atoms with Crippen molar-refractivity contribution in [3.63, 3.8) is 0 Å². The van der Waals surface area contributed by atoms with Crippen LogP contribution in [-0.2, 0) is 0 Å². The van der Waals surface area contributed by atoms with Crippen LogP contribution in [0, 0.1) is 10.1 Å². The number of amides is 1. The Morgan fingerprint density at radius 3 is 2.46 bits per heavy atom. The summed E-state index contributed by atoms with van der Waals surface area (Å²) in [6, 6.07) is 11.6. The van der Waals surface area contributed by atoms with Gasteiger partial charge >= 0.3 is 0 Å². The predicted molar refractivity (Wildman–Crippen MR) is 100 cm³/mol. The molecule has 0 aliphatic heterocycles. The lowest BCUT2D eigenvalue weighted by atomic mass is 10.1. The van der Waals surface area contributed by atoms with Crippen LogP contribution in [0.3, 0.4) is 0 Å². The zero-order valence-electron chi connectivity index (χ0n) is 12.8. The number of non-ortho nitro benzene ring substituents is 1. The highest BCUT2D eigenvalue weighted by atomic mass is 35.5. The molecular formula is C17H9Cl3N2O4. The van der Waals surface area contributed by atoms with Gasteiger partial charge in [0.05, 0.1) is 20.7 Å². The van der Waals surface area contributed by atoms with Gasteiger partial charge in [0.1, 0.15) is 5.76 Å². The summed E-state index contributed by atoms with van der Waals surface area (Å²) >= 11 is 18.0. The number of hydrogen-bond donors (Lipinski definition) is 1. The molecule has 1 amide bonds. The summed E-state index contributed by atoms with van der Waals surface area (Å²) in [6.07, 6.45) is 0. The van der Waals surface area contributed by atoms with Crippen LogP contribution in [-0.4, -0.2) is 10.8 Å². The van der Waals surface area contributed by atoms with Crippen molar-refractivity contribution in [2.24, 2.45) is 0 Å². The molecule has 1 heterocycles. The molecule has 0 aliphatic rings. The summed E-state index contributed by atoms with van der Waals surface area (Å²) in [5.74, 6) is -0.212. The first-order chi connectivity index (χ1) is 12.3. The number of nitrogens with one attached hydrogen (secondary N) is 1. The number of hydrogen-bond acceptors (Lipinski definition) is 4. The highest BCUT2D eigenvalue weighted by molar-refractivity contribution is 6.36. The third-order valence-corrected chi connectivity index (χ3v) is 4.31. The number of carbonyl (C=O) groups excluding carboxylic acids is 1. The molecule has 0 saturated carbocycles. The second-order valence-electron chi connectivity index (χ2n) is 5.16. The van der Waals surface area contributed by atoms with Gasteiger partial charge in [0.25, 0.3) is 11.6 Å². The van der Waals surface area contributed by atoms with Crippen LogP contribution in [0.25, 0.3) is 11.3 Å². The maximum absolute atomic E-state index is 12.3. The van der Waals surface area contributed by atoms with E-state index in [9.17, 15) is 14.9 Å². The smallest absolute Gasteiger partial charge is 0.291 e. The summed E-state index contributed by atoms with van der Waals surface area (Å²) in [5.41, 5.74) is 0.631. The Kier molecular flexibility index (Phi) is 5.18. The van der Waals surface area contributed by atoms with Gasteiger partial charge in [-0.25, -0.2) is 0 Å². The maximum atomic E-state index is 12.3. The van der Waals surface area contributed by atoms with Crippen molar-refractivity contribution in [3.05, 3.63) is 79.5 Å². The molecule has 0 spiro atoms. The minimum Gasteiger partial charge on any atom is -0.451 e. The Balaban J connectivity index is 1.84. The number of carbonyl (C=O) groups is 1. The maximum Gasteiger partial charge on any atom is 0.291 e. The van der Waals surface area contributed by atoms with Crippen LogP contribution in [0.1, 0.15) is 10.6 Å². The molecule has 1 N–H and O–H groups in total. The van der Waals surface area contributed by atoms with Gasteiger partial charge < -0.3 is 9.73 Å². The monoisotopic (exact) mass is 410 g/mol. The second-order valence-corrected chi connectivity index (χ2v) is 6.41. The van der Waals surface area contributed by atoms with Gasteiger partial charge in [0, 0.05) is 22.7 Å². The lowest BCUT2D eigenvalue weighted by molar-refractivity contribution is -0.384. The summed E-state index contributed by atoms with van der Waals surface area (Å²) < 4.78 is 5.51. The zero-order valence-corrected chi connectivity index (χ0v) is 15.1. The minimum atomic E-state index is -0.550. The van der Waals surface area contributed by atoms with Gasteiger partial charge in [-0.05, 0) is 36.4 Å². The van der Waals surface area contributed by atoms with Crippen LogP contribution in [0.2, 0.25) is 15.1 Å². The van der Waals surface area contributed by atoms with Gasteiger partial charge in [-0.3, -0.25) is 14.9 Å². The fourth-order valence-electron chi connectivity index (χ4n) is 2.20. The van der Waals surface area contributed by atoms with Gasteiger partial charge in [0.15, 0.2) is 5.76 Å². The fourth-order valence-corrected chi connectivity index (χ4v) is 2.80. The van der Waals surface area contributed by atoms with Crippen LogP contribution in [0.15, 0.2) is 52.9 Å². The summed E-state index contributed by atoms with van der Waals surface area (Å²) in [4.78, 5) is 22.5. The van der Waals surface area contributed by atoms with Gasteiger partial charge in [-0.2, -0.15) is 0 Å². The van der Waals surface area contributed by atoms with E-state index in [4.69, 9.17) is 39.2 Å². The SMILES string of the molecule is O=C(Nc1cc(Cl)ccc1Cl)c1ccc(-c2ccc([N+](=O)[O-])cc2Cl)o1. The van der Waals surface area contributed by atoms with E-state index in [2.05, 4.69) is 5.32 Å². The molecule has 1 aromatic heterocycles. The standard InChI is InChI=1S/C17H9Cl3N2O4/c18-9-1-4-12(19)14(7-9)21-17(23)16-6-5-15(26-16)11-3-2-10(22(24)25)8-13(11)20/h1-8H,(H,21,23). The van der Waals surface area contributed by atoms with E-state index in [1.165, 1.54) is 30.3 Å². The molecule has 3 rings (SSSR count). The lowest BCUT2D eigenvalue weighted by Crippen LogP contribution is -2.11. The Morgan fingerprint density at radius 2 is 1.77 bits per heavy atom. The van der Waals surface area contributed by atoms with Crippen molar-refractivity contribution in [1.29, 1.82) is 0 Å². The molecule has 6 nitrogen and oxygen atoms in total. The number of anilines is 1. The average Bonchev–Trinajstić information content (AvgIpc) is 3.08. The Bertz CT molecular complexity index is 1020. The van der Waals surface area contributed by atoms with E-state index in [1.807, 2.05) is 0 Å². The molecule has 9 heteroatoms. The first-order valence-corrected chi connectivity index (χ1v) is 8.29. The molecule has 0 bridgehead atoms. The summed E-state index contributed by atoms with van der Waals surface area (Å²) in [7, 11) is 0. The molecule has 0 radical (unpaired) electrons. The van der Waals surface area contributed by atoms with E-state index in [0.29, 0.717) is 27.1 Å². The normalized spacial score (nSPS) is 10.6. The molecule has 3 aromatic rings. The Labute approximate surface area is 162 Å². The van der Waals surface area contributed by atoms with Gasteiger partial charge in [-0.1, -0.05) is 34.8 Å². The molecule has 0 fully saturated rings. The molecule has 0 atom stereocenters. The van der Waals surface area contributed by atoms with Crippen LogP contribution in [0.4, 0.5) is 11.4 Å². The molecule has 2 aromatic carbocycles. The quantitative estimate of drug-likeness (QED) is 0.417. The van der Waals surface area contributed by atoms with E-state index >= 15 is 0 Å². The van der Waals surface area contributed by atoms with Gasteiger partial charge in [0.2, 0.25) is 0 Å². The molecule has 0 unspecified atom stereocenters. The predicted octanol–water partition coefficient (Wildman–Crippen LogP) is 6.07. The van der Waals surface area contributed by atoms with Crippen molar-refractivity contribution in [3.8, 4) is 11.3 Å². The lowest BCUT2D eigenvalue weighted by Gasteiger charge is -2.06. The van der Waals surface area contributed by atoms with E-state index in [1.54, 1.807) is 18.2 Å². The second kappa shape index (κ2) is 7.37. The molecular weight excluding hydrogens is 403 g/mol. The van der Waals surface area contributed by atoms with E-state index in [-0.39, 0.29) is 16.5 Å². The Hall–Kier alpha value is -2.54. The fraction of sp³-hybridized carbons (Fsp3) is 0. The largest absolute Gasteiger partial charge is 0.451 e. The van der Waals surface area contributed by atoms with E-state index < -0.39 is 10.8 Å². The number of nitro benzene ring substituents is 1. The average molecular weight is 412 g/mol. The van der Waals surface area contributed by atoms with Crippen molar-refractivity contribution in [1.82, 2.24) is 0 Å². The molecule has 26 heavy (non-hydrogen) atoms. The highest BCUT2D eigenvalue weighted by Gasteiger charge is 2.17. The van der Waals surface area contributed by atoms with Crippen molar-refractivity contribution < 1.29 is 14.1 Å². The van der Waals surface area contributed by atoms with Gasteiger partial charge in [-0.15, -0.1) is 0 Å². The summed E-state index contributed by atoms with van der Waals surface area (Å²) in [5, 5.41) is 14.3. The number of nitrogens with zero attached hydrogens (tertiary/aromatic N) is 1. The number of furan rings is 1. The number of nitro groups is 1. The van der Waals surface area contributed by atoms with Crippen LogP contribution >= 0.6 is 34.8 Å². The topological polar surface area (TPSA) is 85.4 Å². The number of benzene rings is 2. The van der Waals surface area contributed by atoms with E-state index in [0.717, 1.165) is 0 Å². The van der Waals surface area contributed by atoms with Crippen LogP contribution in [0.5, 0.6) is 0 Å². The van der Waals surface area contributed by atoms with Crippen LogP contribution < -0.4 is 5.32 Å². The molecule has 0 aliphatic carbocycles. The van der Waals surface area contributed by atoms with Crippen molar-refractivity contribution in [2.75, 3.05) is 5.32 Å². The highest BCUT2D eigenvalue weighted by Crippen LogP contribution is 2.33. The third kappa shape index (κ3) is 3.83. The third-order valence-electron chi connectivity index (χ3n) is 3.44. The first-order valence-electron chi connectivity index (χ1n) is 7.15. The minimum absolute atomic E-state index is 0.0189. The summed E-state index contributed by atoms with van der Waals surface area (Å²) in [6.45, 7) is 0. The molecule has 132 valence electrons. The number of rotatable bonds is 4. The van der Waals surface area contributed by atoms with Crippen molar-refractivity contribution in [2.45, 2.75) is 0 Å².